The van der Waals surface area contributed by atoms with Crippen molar-refractivity contribution in [3.05, 3.63) is 41.7 Å². The number of nitrogens with one attached hydrogen (secondary N) is 2. The van der Waals surface area contributed by atoms with Crippen molar-refractivity contribution in [1.82, 2.24) is 14.7 Å². The molecular weight excluding hydrogens is 326 g/mol. The van der Waals surface area contributed by atoms with Crippen molar-refractivity contribution in [3.63, 3.8) is 0 Å². The summed E-state index contributed by atoms with van der Waals surface area (Å²) in [7, 11) is 0. The maximum Gasteiger partial charge on any atom is 0.250 e. The Morgan fingerprint density at radius 1 is 1.19 bits per heavy atom. The third kappa shape index (κ3) is 2.98. The first-order chi connectivity index (χ1) is 12.5. The molecule has 2 N–H and O–H groups in total. The van der Waals surface area contributed by atoms with Crippen LogP contribution in [0, 0.1) is 13.8 Å². The lowest BCUT2D eigenvalue weighted by molar-refractivity contribution is -0.122. The molecule has 0 radical (unpaired) electrons. The van der Waals surface area contributed by atoms with Crippen LogP contribution in [-0.4, -0.2) is 45.3 Å². The van der Waals surface area contributed by atoms with E-state index in [-0.39, 0.29) is 5.91 Å². The lowest BCUT2D eigenvalue weighted by Crippen LogP contribution is -2.59. The zero-order valence-corrected chi connectivity index (χ0v) is 15.7. The van der Waals surface area contributed by atoms with Crippen LogP contribution >= 0.6 is 0 Å². The van der Waals surface area contributed by atoms with E-state index in [0.717, 1.165) is 49.5 Å². The van der Waals surface area contributed by atoms with Gasteiger partial charge in [-0.1, -0.05) is 12.1 Å². The first-order valence-corrected chi connectivity index (χ1v) is 9.41. The van der Waals surface area contributed by atoms with Gasteiger partial charge in [-0.05, 0) is 51.8 Å². The highest BCUT2D eigenvalue weighted by Crippen LogP contribution is 2.36. The van der Waals surface area contributed by atoms with Crippen molar-refractivity contribution in [3.8, 4) is 0 Å². The van der Waals surface area contributed by atoms with Gasteiger partial charge in [-0.2, -0.15) is 5.10 Å². The van der Waals surface area contributed by atoms with Crippen molar-refractivity contribution in [2.24, 2.45) is 0 Å². The number of carbonyl (C=O) groups is 1. The number of nitrogens with zero attached hydrogens (tertiary/aromatic N) is 3. The summed E-state index contributed by atoms with van der Waals surface area (Å²) in [6, 6.07) is 10.4. The Kier molecular flexibility index (Phi) is 4.23. The number of hydrogen-bond acceptors (Lipinski definition) is 4. The van der Waals surface area contributed by atoms with Crippen LogP contribution in [0.4, 0.5) is 11.4 Å². The number of para-hydroxylation sites is 2. The number of piperidine rings is 1. The van der Waals surface area contributed by atoms with Gasteiger partial charge in [-0.3, -0.25) is 14.4 Å². The van der Waals surface area contributed by atoms with Crippen LogP contribution in [0.5, 0.6) is 0 Å². The summed E-state index contributed by atoms with van der Waals surface area (Å²) in [5.74, 6) is 0.0991. The number of aryl methyl sites for hydroxylation is 2. The fourth-order valence-corrected chi connectivity index (χ4v) is 4.18. The molecule has 0 aliphatic carbocycles. The topological polar surface area (TPSA) is 62.2 Å². The van der Waals surface area contributed by atoms with Crippen molar-refractivity contribution in [1.29, 1.82) is 0 Å². The highest BCUT2D eigenvalue weighted by Gasteiger charge is 2.44. The quantitative estimate of drug-likeness (QED) is 0.891. The summed E-state index contributed by atoms with van der Waals surface area (Å²) in [4.78, 5) is 15.2. The maximum atomic E-state index is 12.7. The molecule has 1 spiro atoms. The summed E-state index contributed by atoms with van der Waals surface area (Å²) in [6.45, 7) is 9.08. The molecule has 1 aromatic heterocycles. The highest BCUT2D eigenvalue weighted by atomic mass is 16.2. The lowest BCUT2D eigenvalue weighted by Gasteiger charge is -2.45. The standard InChI is InChI=1S/C20H27N5O/c1-14-12-15(2)25(23-14)13-16(3)24-10-8-20(9-11-24)19(26)21-17-6-4-5-7-18(17)22-20/h4-7,12,16,22H,8-11,13H2,1-3H3,(H,21,26). The fraction of sp³-hybridized carbons (Fsp3) is 0.500. The molecule has 2 aliphatic rings. The second kappa shape index (κ2) is 6.43. The van der Waals surface area contributed by atoms with E-state index in [4.69, 9.17) is 0 Å². The second-order valence-corrected chi connectivity index (χ2v) is 7.70. The first kappa shape index (κ1) is 17.1. The Bertz CT molecular complexity index is 819. The largest absolute Gasteiger partial charge is 0.369 e. The molecule has 1 unspecified atom stereocenters. The zero-order chi connectivity index (χ0) is 18.3. The van der Waals surface area contributed by atoms with E-state index in [1.54, 1.807) is 0 Å². The SMILES string of the molecule is Cc1cc(C)n(CC(C)N2CCC3(CC2)Nc2ccccc2NC3=O)n1. The Morgan fingerprint density at radius 3 is 2.54 bits per heavy atom. The molecule has 4 rings (SSSR count). The van der Waals surface area contributed by atoms with Gasteiger partial charge < -0.3 is 10.6 Å². The Morgan fingerprint density at radius 2 is 1.88 bits per heavy atom. The lowest BCUT2D eigenvalue weighted by atomic mass is 9.84. The molecule has 26 heavy (non-hydrogen) atoms. The van der Waals surface area contributed by atoms with Crippen molar-refractivity contribution >= 4 is 17.3 Å². The van der Waals surface area contributed by atoms with Gasteiger partial charge in [0.05, 0.1) is 23.6 Å². The molecular formula is C20H27N5O. The molecule has 6 heteroatoms. The molecule has 6 nitrogen and oxygen atoms in total. The van der Waals surface area contributed by atoms with Gasteiger partial charge in [0.2, 0.25) is 5.91 Å². The minimum Gasteiger partial charge on any atom is -0.369 e. The number of anilines is 2. The van der Waals surface area contributed by atoms with Gasteiger partial charge in [0.1, 0.15) is 5.54 Å². The summed E-state index contributed by atoms with van der Waals surface area (Å²) < 4.78 is 2.09. The minimum atomic E-state index is -0.483. The van der Waals surface area contributed by atoms with Gasteiger partial charge in [0, 0.05) is 24.8 Å². The van der Waals surface area contributed by atoms with E-state index in [1.807, 2.05) is 31.2 Å². The van der Waals surface area contributed by atoms with Gasteiger partial charge in [-0.25, -0.2) is 0 Å². The number of rotatable bonds is 3. The second-order valence-electron chi connectivity index (χ2n) is 7.70. The Hall–Kier alpha value is -2.34. The number of carbonyl (C=O) groups excluding carboxylic acids is 1. The van der Waals surface area contributed by atoms with E-state index in [9.17, 15) is 4.79 Å². The van der Waals surface area contributed by atoms with Gasteiger partial charge in [0.25, 0.3) is 0 Å². The highest BCUT2D eigenvalue weighted by molar-refractivity contribution is 6.06. The van der Waals surface area contributed by atoms with Gasteiger partial charge in [-0.15, -0.1) is 0 Å². The summed E-state index contributed by atoms with van der Waals surface area (Å²) in [5, 5.41) is 11.2. The molecule has 1 aromatic carbocycles. The molecule has 138 valence electrons. The monoisotopic (exact) mass is 353 g/mol. The molecule has 1 atom stereocenters. The first-order valence-electron chi connectivity index (χ1n) is 9.41. The molecule has 1 saturated heterocycles. The number of amides is 1. The van der Waals surface area contributed by atoms with E-state index in [0.29, 0.717) is 6.04 Å². The van der Waals surface area contributed by atoms with Crippen LogP contribution in [0.25, 0.3) is 0 Å². The summed E-state index contributed by atoms with van der Waals surface area (Å²) >= 11 is 0. The smallest absolute Gasteiger partial charge is 0.250 e. The maximum absolute atomic E-state index is 12.7. The van der Waals surface area contributed by atoms with Crippen LogP contribution in [0.1, 0.15) is 31.2 Å². The molecule has 2 aromatic rings. The number of fused-ring (bicyclic) bond motifs is 1. The van der Waals surface area contributed by atoms with E-state index >= 15 is 0 Å². The third-order valence-electron chi connectivity index (χ3n) is 5.80. The summed E-state index contributed by atoms with van der Waals surface area (Å²) in [6.07, 6.45) is 1.63. The molecule has 1 fully saturated rings. The molecule has 0 bridgehead atoms. The fourth-order valence-electron chi connectivity index (χ4n) is 4.18. The number of likely N-dealkylation sites (tertiary alicyclic amines) is 1. The molecule has 0 saturated carbocycles. The van der Waals surface area contributed by atoms with Crippen molar-refractivity contribution in [2.45, 2.75) is 51.7 Å². The van der Waals surface area contributed by atoms with Crippen LogP contribution < -0.4 is 10.6 Å². The van der Waals surface area contributed by atoms with Crippen LogP contribution in [0.3, 0.4) is 0 Å². The van der Waals surface area contributed by atoms with Gasteiger partial charge in [0.15, 0.2) is 0 Å². The Labute approximate surface area is 154 Å². The molecule has 3 heterocycles. The molecule has 1 amide bonds. The average Bonchev–Trinajstić information content (AvgIpc) is 2.93. The van der Waals surface area contributed by atoms with Crippen molar-refractivity contribution in [2.75, 3.05) is 23.7 Å². The van der Waals surface area contributed by atoms with Crippen LogP contribution in [-0.2, 0) is 11.3 Å². The zero-order valence-electron chi connectivity index (χ0n) is 15.7. The predicted molar refractivity (Wildman–Crippen MR) is 103 cm³/mol. The van der Waals surface area contributed by atoms with Crippen molar-refractivity contribution < 1.29 is 4.79 Å². The summed E-state index contributed by atoms with van der Waals surface area (Å²) in [5.41, 5.74) is 3.68. The third-order valence-corrected chi connectivity index (χ3v) is 5.80. The molecule has 2 aliphatic heterocycles. The van der Waals surface area contributed by atoms with E-state index in [1.165, 1.54) is 5.69 Å². The van der Waals surface area contributed by atoms with E-state index < -0.39 is 5.54 Å². The minimum absolute atomic E-state index is 0.0991. The number of hydrogen-bond donors (Lipinski definition) is 2. The predicted octanol–water partition coefficient (Wildman–Crippen LogP) is 2.79. The number of benzene rings is 1. The normalized spacial score (nSPS) is 20.3. The number of aromatic nitrogens is 2. The average molecular weight is 353 g/mol. The van der Waals surface area contributed by atoms with Gasteiger partial charge >= 0.3 is 0 Å². The van der Waals surface area contributed by atoms with Crippen LogP contribution in [0.2, 0.25) is 0 Å². The Balaban J connectivity index is 1.42. The van der Waals surface area contributed by atoms with Crippen LogP contribution in [0.15, 0.2) is 30.3 Å². The van der Waals surface area contributed by atoms with E-state index in [2.05, 4.69) is 45.2 Å².